The van der Waals surface area contributed by atoms with Crippen LogP contribution in [0.3, 0.4) is 0 Å². The highest BCUT2D eigenvalue weighted by Crippen LogP contribution is 2.28. The zero-order valence-corrected chi connectivity index (χ0v) is 12.0. The minimum Gasteiger partial charge on any atom is -0.479 e. The maximum Gasteiger partial charge on any atom is 0.332 e. The number of nitrogens with one attached hydrogen (secondary N) is 1. The lowest BCUT2D eigenvalue weighted by Crippen LogP contribution is -2.56. The van der Waals surface area contributed by atoms with Crippen LogP contribution in [-0.2, 0) is 14.3 Å². The Morgan fingerprint density at radius 2 is 1.89 bits per heavy atom. The molecule has 1 amide bonds. The fourth-order valence-electron chi connectivity index (χ4n) is 1.76. The maximum atomic E-state index is 12.1. The zero-order chi connectivity index (χ0) is 14.8. The van der Waals surface area contributed by atoms with Crippen LogP contribution in [0.1, 0.15) is 40.5 Å². The molecule has 19 heavy (non-hydrogen) atoms. The largest absolute Gasteiger partial charge is 0.479 e. The summed E-state index contributed by atoms with van der Waals surface area (Å²) in [7, 11) is 0. The van der Waals surface area contributed by atoms with Gasteiger partial charge in [0, 0.05) is 12.1 Å². The predicted molar refractivity (Wildman–Crippen MR) is 70.6 cm³/mol. The summed E-state index contributed by atoms with van der Waals surface area (Å²) in [4.78, 5) is 22.9. The Bertz CT molecular complexity index is 360. The SMILES string of the molecule is CC(C)(N)C(C)(C)C(=O)NCC1CCC(C(=O)O)O1. The van der Waals surface area contributed by atoms with Gasteiger partial charge in [-0.05, 0) is 40.5 Å². The summed E-state index contributed by atoms with van der Waals surface area (Å²) in [5, 5.41) is 11.6. The van der Waals surface area contributed by atoms with Gasteiger partial charge in [0.15, 0.2) is 6.10 Å². The first-order valence-electron chi connectivity index (χ1n) is 6.51. The van der Waals surface area contributed by atoms with Crippen molar-refractivity contribution < 1.29 is 19.4 Å². The van der Waals surface area contributed by atoms with Gasteiger partial charge in [0.1, 0.15) is 0 Å². The molecule has 1 heterocycles. The number of hydrogen-bond acceptors (Lipinski definition) is 4. The van der Waals surface area contributed by atoms with Crippen molar-refractivity contribution in [2.24, 2.45) is 11.1 Å². The summed E-state index contributed by atoms with van der Waals surface area (Å²) < 4.78 is 5.33. The number of ether oxygens (including phenoxy) is 1. The molecule has 2 atom stereocenters. The number of carbonyl (C=O) groups is 2. The fourth-order valence-corrected chi connectivity index (χ4v) is 1.76. The van der Waals surface area contributed by atoms with Crippen LogP contribution in [0.25, 0.3) is 0 Å². The van der Waals surface area contributed by atoms with Crippen molar-refractivity contribution in [2.75, 3.05) is 6.54 Å². The Kier molecular flexibility index (Phi) is 4.58. The highest BCUT2D eigenvalue weighted by Gasteiger charge is 2.40. The van der Waals surface area contributed by atoms with Gasteiger partial charge < -0.3 is 20.9 Å². The van der Waals surface area contributed by atoms with Gasteiger partial charge in [-0.1, -0.05) is 0 Å². The van der Waals surface area contributed by atoms with E-state index >= 15 is 0 Å². The van der Waals surface area contributed by atoms with E-state index in [0.29, 0.717) is 19.4 Å². The van der Waals surface area contributed by atoms with Crippen molar-refractivity contribution in [3.63, 3.8) is 0 Å². The molecule has 0 saturated carbocycles. The predicted octanol–water partition coefficient (Wildman–Crippen LogP) is 0.498. The molecule has 1 rings (SSSR count). The van der Waals surface area contributed by atoms with Crippen molar-refractivity contribution in [2.45, 2.75) is 58.3 Å². The molecule has 6 nitrogen and oxygen atoms in total. The molecule has 0 aromatic heterocycles. The molecule has 1 fully saturated rings. The monoisotopic (exact) mass is 272 g/mol. The average molecular weight is 272 g/mol. The molecule has 0 aromatic rings. The Hall–Kier alpha value is -1.14. The Morgan fingerprint density at radius 3 is 2.32 bits per heavy atom. The number of amides is 1. The van der Waals surface area contributed by atoms with Crippen LogP contribution in [0.5, 0.6) is 0 Å². The van der Waals surface area contributed by atoms with E-state index < -0.39 is 23.0 Å². The second-order valence-corrected chi connectivity index (χ2v) is 6.22. The van der Waals surface area contributed by atoms with Crippen molar-refractivity contribution in [3.8, 4) is 0 Å². The van der Waals surface area contributed by atoms with Gasteiger partial charge >= 0.3 is 5.97 Å². The van der Waals surface area contributed by atoms with E-state index in [1.165, 1.54) is 0 Å². The molecule has 6 heteroatoms. The highest BCUT2D eigenvalue weighted by molar-refractivity contribution is 5.83. The van der Waals surface area contributed by atoms with Crippen LogP contribution in [0.15, 0.2) is 0 Å². The van der Waals surface area contributed by atoms with Crippen molar-refractivity contribution in [1.29, 1.82) is 0 Å². The molecule has 1 aliphatic heterocycles. The quantitative estimate of drug-likeness (QED) is 0.676. The first kappa shape index (κ1) is 15.9. The molecule has 0 aromatic carbocycles. The van der Waals surface area contributed by atoms with E-state index in [2.05, 4.69) is 5.32 Å². The normalized spacial score (nSPS) is 24.3. The lowest BCUT2D eigenvalue weighted by atomic mass is 9.74. The maximum absolute atomic E-state index is 12.1. The second-order valence-electron chi connectivity index (χ2n) is 6.22. The summed E-state index contributed by atoms with van der Waals surface area (Å²) >= 11 is 0. The summed E-state index contributed by atoms with van der Waals surface area (Å²) in [5.41, 5.74) is 4.64. The van der Waals surface area contributed by atoms with Gasteiger partial charge in [-0.3, -0.25) is 4.79 Å². The topological polar surface area (TPSA) is 102 Å². The van der Waals surface area contributed by atoms with Crippen LogP contribution in [-0.4, -0.2) is 41.3 Å². The smallest absolute Gasteiger partial charge is 0.332 e. The molecule has 110 valence electrons. The summed E-state index contributed by atoms with van der Waals surface area (Å²) in [6, 6.07) is 0. The molecule has 0 radical (unpaired) electrons. The third-order valence-electron chi connectivity index (χ3n) is 4.05. The lowest BCUT2D eigenvalue weighted by molar-refractivity contribution is -0.149. The molecule has 1 saturated heterocycles. The molecule has 4 N–H and O–H groups in total. The minimum atomic E-state index is -0.947. The first-order valence-corrected chi connectivity index (χ1v) is 6.51. The van der Waals surface area contributed by atoms with Gasteiger partial charge in [-0.15, -0.1) is 0 Å². The fraction of sp³-hybridized carbons (Fsp3) is 0.846. The summed E-state index contributed by atoms with van der Waals surface area (Å²) in [6.07, 6.45) is 0.147. The molecule has 2 unspecified atom stereocenters. The molecule has 0 bridgehead atoms. The molecule has 0 aliphatic carbocycles. The van der Waals surface area contributed by atoms with Crippen LogP contribution in [0, 0.1) is 5.41 Å². The lowest BCUT2D eigenvalue weighted by Gasteiger charge is -2.37. The van der Waals surface area contributed by atoms with Gasteiger partial charge in [0.25, 0.3) is 0 Å². The Morgan fingerprint density at radius 1 is 1.32 bits per heavy atom. The van der Waals surface area contributed by atoms with Crippen LogP contribution in [0.4, 0.5) is 0 Å². The van der Waals surface area contributed by atoms with Gasteiger partial charge in [-0.25, -0.2) is 4.79 Å². The number of carboxylic acids is 1. The van der Waals surface area contributed by atoms with Crippen LogP contribution >= 0.6 is 0 Å². The van der Waals surface area contributed by atoms with Crippen molar-refractivity contribution >= 4 is 11.9 Å². The van der Waals surface area contributed by atoms with E-state index in [9.17, 15) is 9.59 Å². The van der Waals surface area contributed by atoms with E-state index in [-0.39, 0.29) is 12.0 Å². The first-order chi connectivity index (χ1) is 8.55. The molecular formula is C13H24N2O4. The van der Waals surface area contributed by atoms with Gasteiger partial charge in [0.05, 0.1) is 11.5 Å². The van der Waals surface area contributed by atoms with Gasteiger partial charge in [-0.2, -0.15) is 0 Å². The van der Waals surface area contributed by atoms with Crippen molar-refractivity contribution in [3.05, 3.63) is 0 Å². The highest BCUT2D eigenvalue weighted by atomic mass is 16.5. The van der Waals surface area contributed by atoms with Crippen molar-refractivity contribution in [1.82, 2.24) is 5.32 Å². The third kappa shape index (κ3) is 3.67. The molecule has 1 aliphatic rings. The number of aliphatic carboxylic acids is 1. The van der Waals surface area contributed by atoms with E-state index in [1.807, 2.05) is 0 Å². The van der Waals surface area contributed by atoms with Crippen LogP contribution in [0.2, 0.25) is 0 Å². The molecular weight excluding hydrogens is 248 g/mol. The number of rotatable bonds is 5. The number of carboxylic acid groups (broad SMARTS) is 1. The average Bonchev–Trinajstić information content (AvgIpc) is 2.72. The second kappa shape index (κ2) is 5.46. The minimum absolute atomic E-state index is 0.151. The Labute approximate surface area is 113 Å². The summed E-state index contributed by atoms with van der Waals surface area (Å²) in [5.74, 6) is -1.10. The standard InChI is InChI=1S/C13H24N2O4/c1-12(2,13(3,4)14)11(18)15-7-8-5-6-9(19-8)10(16)17/h8-9H,5-7,14H2,1-4H3,(H,15,18)(H,16,17). The Balaban J connectivity index is 2.46. The summed E-state index contributed by atoms with van der Waals surface area (Å²) in [6.45, 7) is 7.51. The third-order valence-corrected chi connectivity index (χ3v) is 4.05. The number of carbonyl (C=O) groups excluding carboxylic acids is 1. The number of nitrogens with two attached hydrogens (primary N) is 1. The van der Waals surface area contributed by atoms with Crippen LogP contribution < -0.4 is 11.1 Å². The van der Waals surface area contributed by atoms with E-state index in [0.717, 1.165) is 0 Å². The van der Waals surface area contributed by atoms with E-state index in [1.54, 1.807) is 27.7 Å². The molecule has 0 spiro atoms. The zero-order valence-electron chi connectivity index (χ0n) is 12.0. The van der Waals surface area contributed by atoms with E-state index in [4.69, 9.17) is 15.6 Å². The number of hydrogen-bond donors (Lipinski definition) is 3. The van der Waals surface area contributed by atoms with Gasteiger partial charge in [0.2, 0.25) is 5.91 Å².